The summed E-state index contributed by atoms with van der Waals surface area (Å²) in [5, 5.41) is 7.38. The molecule has 1 aromatic carbocycles. The Labute approximate surface area is 146 Å². The van der Waals surface area contributed by atoms with E-state index < -0.39 is 11.7 Å². The molecule has 4 nitrogen and oxygen atoms in total. The number of alkyl halides is 3. The van der Waals surface area contributed by atoms with Crippen molar-refractivity contribution in [1.82, 2.24) is 15.2 Å². The number of furan rings is 1. The highest BCUT2D eigenvalue weighted by molar-refractivity contribution is 7.98. The first-order valence-corrected chi connectivity index (χ1v) is 8.34. The number of rotatable bonds is 5. The zero-order valence-corrected chi connectivity index (χ0v) is 14.0. The number of nitrogens with one attached hydrogen (secondary N) is 1. The summed E-state index contributed by atoms with van der Waals surface area (Å²) < 4.78 is 43.0. The zero-order chi connectivity index (χ0) is 17.9. The number of aromatic amines is 1. The SMILES string of the molecule is Cc1ccc(/C=C/c2nc(SCc3ccc(C(F)(F)F)cc3)n[nH]2)o1. The first kappa shape index (κ1) is 17.3. The van der Waals surface area contributed by atoms with Crippen molar-refractivity contribution < 1.29 is 17.6 Å². The summed E-state index contributed by atoms with van der Waals surface area (Å²) in [5.74, 6) is 2.60. The minimum Gasteiger partial charge on any atom is -0.462 e. The molecule has 0 saturated carbocycles. The number of benzene rings is 1. The molecule has 0 bridgehead atoms. The third-order valence-electron chi connectivity index (χ3n) is 3.30. The Bertz CT molecular complexity index is 866. The first-order chi connectivity index (χ1) is 11.9. The van der Waals surface area contributed by atoms with Gasteiger partial charge in [-0.3, -0.25) is 5.10 Å². The van der Waals surface area contributed by atoms with Gasteiger partial charge in [-0.25, -0.2) is 4.98 Å². The lowest BCUT2D eigenvalue weighted by atomic mass is 10.1. The van der Waals surface area contributed by atoms with E-state index in [9.17, 15) is 13.2 Å². The van der Waals surface area contributed by atoms with Crippen LogP contribution < -0.4 is 0 Å². The normalized spacial score (nSPS) is 12.2. The Morgan fingerprint density at radius 1 is 1.12 bits per heavy atom. The predicted molar refractivity (Wildman–Crippen MR) is 89.8 cm³/mol. The second-order valence-corrected chi connectivity index (χ2v) is 6.21. The van der Waals surface area contributed by atoms with Gasteiger partial charge in [-0.2, -0.15) is 13.2 Å². The van der Waals surface area contributed by atoms with Crippen LogP contribution in [0.1, 0.15) is 28.5 Å². The Balaban J connectivity index is 1.57. The molecule has 3 aromatic rings. The van der Waals surface area contributed by atoms with Gasteiger partial charge in [0.1, 0.15) is 17.3 Å². The fourth-order valence-electron chi connectivity index (χ4n) is 2.04. The van der Waals surface area contributed by atoms with Crippen molar-refractivity contribution in [2.24, 2.45) is 0 Å². The molecule has 0 spiro atoms. The van der Waals surface area contributed by atoms with E-state index >= 15 is 0 Å². The van der Waals surface area contributed by atoms with E-state index in [-0.39, 0.29) is 0 Å². The Morgan fingerprint density at radius 2 is 1.88 bits per heavy atom. The minimum atomic E-state index is -4.32. The van der Waals surface area contributed by atoms with Gasteiger partial charge in [0.15, 0.2) is 0 Å². The van der Waals surface area contributed by atoms with Gasteiger partial charge in [0.05, 0.1) is 5.56 Å². The molecule has 25 heavy (non-hydrogen) atoms. The van der Waals surface area contributed by atoms with E-state index in [1.165, 1.54) is 23.9 Å². The van der Waals surface area contributed by atoms with Crippen molar-refractivity contribution in [2.45, 2.75) is 24.0 Å². The zero-order valence-electron chi connectivity index (χ0n) is 13.2. The minimum absolute atomic E-state index is 0.483. The molecule has 2 aromatic heterocycles. The lowest BCUT2D eigenvalue weighted by Crippen LogP contribution is -2.04. The second kappa shape index (κ2) is 7.18. The molecule has 0 saturated heterocycles. The topological polar surface area (TPSA) is 54.7 Å². The molecule has 0 unspecified atom stereocenters. The molecule has 0 radical (unpaired) electrons. The van der Waals surface area contributed by atoms with E-state index in [2.05, 4.69) is 15.2 Å². The highest BCUT2D eigenvalue weighted by atomic mass is 32.2. The summed E-state index contributed by atoms with van der Waals surface area (Å²) in [6.07, 6.45) is -0.797. The molecule has 0 fully saturated rings. The highest BCUT2D eigenvalue weighted by Crippen LogP contribution is 2.30. The van der Waals surface area contributed by atoms with E-state index in [0.29, 0.717) is 22.5 Å². The van der Waals surface area contributed by atoms with Crippen LogP contribution in [0.25, 0.3) is 12.2 Å². The van der Waals surface area contributed by atoms with Gasteiger partial charge in [-0.05, 0) is 48.9 Å². The molecule has 8 heteroatoms. The van der Waals surface area contributed by atoms with Crippen LogP contribution in [0, 0.1) is 6.92 Å². The molecule has 2 heterocycles. The monoisotopic (exact) mass is 365 g/mol. The maximum atomic E-state index is 12.5. The fourth-order valence-corrected chi connectivity index (χ4v) is 2.80. The van der Waals surface area contributed by atoms with Gasteiger partial charge < -0.3 is 4.42 Å². The van der Waals surface area contributed by atoms with Crippen LogP contribution in [0.5, 0.6) is 0 Å². The molecule has 0 atom stereocenters. The fraction of sp³-hybridized carbons (Fsp3) is 0.176. The summed E-state index contributed by atoms with van der Waals surface area (Å²) in [6, 6.07) is 8.79. The summed E-state index contributed by atoms with van der Waals surface area (Å²) in [4.78, 5) is 4.29. The van der Waals surface area contributed by atoms with Gasteiger partial charge in [0.25, 0.3) is 0 Å². The van der Waals surface area contributed by atoms with E-state index in [4.69, 9.17) is 4.42 Å². The van der Waals surface area contributed by atoms with Crippen LogP contribution in [0.4, 0.5) is 13.2 Å². The van der Waals surface area contributed by atoms with Gasteiger partial charge in [0, 0.05) is 5.75 Å². The van der Waals surface area contributed by atoms with Crippen molar-refractivity contribution in [3.63, 3.8) is 0 Å². The van der Waals surface area contributed by atoms with Crippen molar-refractivity contribution in [2.75, 3.05) is 0 Å². The molecule has 0 amide bonds. The van der Waals surface area contributed by atoms with Crippen LogP contribution in [0.15, 0.2) is 46.0 Å². The van der Waals surface area contributed by atoms with Gasteiger partial charge in [-0.1, -0.05) is 23.9 Å². The molecular formula is C17H14F3N3OS. The Morgan fingerprint density at radius 3 is 2.52 bits per heavy atom. The van der Waals surface area contributed by atoms with Crippen molar-refractivity contribution >= 4 is 23.9 Å². The molecule has 3 rings (SSSR count). The lowest BCUT2D eigenvalue weighted by Gasteiger charge is -2.06. The van der Waals surface area contributed by atoms with Crippen LogP contribution in [0.3, 0.4) is 0 Å². The van der Waals surface area contributed by atoms with Crippen molar-refractivity contribution in [1.29, 1.82) is 0 Å². The molecular weight excluding hydrogens is 351 g/mol. The first-order valence-electron chi connectivity index (χ1n) is 7.36. The van der Waals surface area contributed by atoms with Crippen LogP contribution in [-0.4, -0.2) is 15.2 Å². The number of hydrogen-bond acceptors (Lipinski definition) is 4. The van der Waals surface area contributed by atoms with Gasteiger partial charge >= 0.3 is 6.18 Å². The maximum absolute atomic E-state index is 12.5. The maximum Gasteiger partial charge on any atom is 0.416 e. The number of H-pyrrole nitrogens is 1. The second-order valence-electron chi connectivity index (χ2n) is 5.27. The molecule has 130 valence electrons. The highest BCUT2D eigenvalue weighted by Gasteiger charge is 2.29. The van der Waals surface area contributed by atoms with Crippen LogP contribution >= 0.6 is 11.8 Å². The molecule has 1 N–H and O–H groups in total. The van der Waals surface area contributed by atoms with Crippen LogP contribution in [0.2, 0.25) is 0 Å². The molecule has 0 aliphatic rings. The van der Waals surface area contributed by atoms with E-state index in [1.54, 1.807) is 12.2 Å². The summed E-state index contributed by atoms with van der Waals surface area (Å²) >= 11 is 1.34. The number of thioether (sulfide) groups is 1. The molecule has 0 aliphatic carbocycles. The number of halogens is 3. The standard InChI is InChI=1S/C17H14F3N3OS/c1-11-2-7-14(24-11)8-9-15-21-16(23-22-15)25-10-12-3-5-13(6-4-12)17(18,19)20/h2-9H,10H2,1H3,(H,21,22,23)/b9-8+. The van der Waals surface area contributed by atoms with Gasteiger partial charge in [-0.15, -0.1) is 5.10 Å². The van der Waals surface area contributed by atoms with E-state index in [1.807, 2.05) is 19.1 Å². The average Bonchev–Trinajstić information content (AvgIpc) is 3.19. The lowest BCUT2D eigenvalue weighted by molar-refractivity contribution is -0.137. The average molecular weight is 365 g/mol. The number of hydrogen-bond donors (Lipinski definition) is 1. The Hall–Kier alpha value is -2.48. The van der Waals surface area contributed by atoms with Gasteiger partial charge in [0.2, 0.25) is 5.16 Å². The summed E-state index contributed by atoms with van der Waals surface area (Å²) in [6.45, 7) is 1.86. The van der Waals surface area contributed by atoms with Crippen molar-refractivity contribution in [3.8, 4) is 0 Å². The third kappa shape index (κ3) is 4.76. The number of nitrogens with zero attached hydrogens (tertiary/aromatic N) is 2. The van der Waals surface area contributed by atoms with E-state index in [0.717, 1.165) is 23.5 Å². The predicted octanol–water partition coefficient (Wildman–Crippen LogP) is 5.19. The third-order valence-corrected chi connectivity index (χ3v) is 4.22. The Kier molecular flexibility index (Phi) is 4.98. The number of aromatic nitrogens is 3. The summed E-state index contributed by atoms with van der Waals surface area (Å²) in [5.41, 5.74) is 0.116. The van der Waals surface area contributed by atoms with Crippen LogP contribution in [-0.2, 0) is 11.9 Å². The van der Waals surface area contributed by atoms with Crippen molar-refractivity contribution in [3.05, 3.63) is 64.9 Å². The number of aryl methyl sites for hydroxylation is 1. The molecule has 0 aliphatic heterocycles. The summed E-state index contributed by atoms with van der Waals surface area (Å²) in [7, 11) is 0. The quantitative estimate of drug-likeness (QED) is 0.633. The largest absolute Gasteiger partial charge is 0.462 e. The smallest absolute Gasteiger partial charge is 0.416 e.